The highest BCUT2D eigenvalue weighted by Gasteiger charge is 2.19. The summed E-state index contributed by atoms with van der Waals surface area (Å²) in [5, 5.41) is 4.90. The largest absolute Gasteiger partial charge is 0.468 e. The fourth-order valence-corrected chi connectivity index (χ4v) is 3.00. The van der Waals surface area contributed by atoms with Crippen LogP contribution in [-0.4, -0.2) is 41.1 Å². The van der Waals surface area contributed by atoms with Gasteiger partial charge in [0.1, 0.15) is 5.76 Å². The molecule has 1 aliphatic heterocycles. The van der Waals surface area contributed by atoms with Gasteiger partial charge in [0.05, 0.1) is 12.8 Å². The minimum Gasteiger partial charge on any atom is -0.468 e. The van der Waals surface area contributed by atoms with Crippen molar-refractivity contribution in [2.45, 2.75) is 13.1 Å². The number of furan rings is 1. The number of hydrogen-bond acceptors (Lipinski definition) is 3. The molecule has 3 rings (SSSR count). The third-order valence-electron chi connectivity index (χ3n) is 3.98. The van der Waals surface area contributed by atoms with E-state index in [1.54, 1.807) is 6.26 Å². The normalized spacial score (nSPS) is 15.6. The molecule has 0 unspecified atom stereocenters. The first-order chi connectivity index (χ1) is 11.2. The molecule has 0 radical (unpaired) electrons. The molecule has 1 N–H and O–H groups in total. The second kappa shape index (κ2) is 7.81. The average Bonchev–Trinajstić information content (AvgIpc) is 3.08. The zero-order chi connectivity index (χ0) is 16.1. The van der Waals surface area contributed by atoms with Crippen molar-refractivity contribution < 1.29 is 4.42 Å². The fourth-order valence-electron chi connectivity index (χ4n) is 2.62. The number of thiocarbonyl (C=S) groups is 1. The lowest BCUT2D eigenvalue weighted by atomic mass is 10.2. The molecule has 1 aliphatic rings. The summed E-state index contributed by atoms with van der Waals surface area (Å²) in [6, 6.07) is 11.8. The maximum absolute atomic E-state index is 5.89. The Morgan fingerprint density at radius 1 is 1.13 bits per heavy atom. The molecule has 1 fully saturated rings. The van der Waals surface area contributed by atoms with E-state index in [1.807, 2.05) is 36.4 Å². The van der Waals surface area contributed by atoms with Crippen LogP contribution < -0.4 is 5.32 Å². The van der Waals surface area contributed by atoms with Crippen LogP contribution in [0.25, 0.3) is 0 Å². The smallest absolute Gasteiger partial charge is 0.169 e. The van der Waals surface area contributed by atoms with Gasteiger partial charge in [-0.3, -0.25) is 4.90 Å². The van der Waals surface area contributed by atoms with E-state index in [0.29, 0.717) is 0 Å². The van der Waals surface area contributed by atoms with E-state index < -0.39 is 0 Å². The summed E-state index contributed by atoms with van der Waals surface area (Å²) in [5.74, 6) is 1.02. The minimum absolute atomic E-state index is 0.725. The first-order valence-corrected chi connectivity index (χ1v) is 8.51. The van der Waals surface area contributed by atoms with Gasteiger partial charge in [-0.1, -0.05) is 23.7 Å². The zero-order valence-corrected chi connectivity index (χ0v) is 14.4. The highest BCUT2D eigenvalue weighted by atomic mass is 35.5. The topological polar surface area (TPSA) is 31.6 Å². The summed E-state index contributed by atoms with van der Waals surface area (Å²) >= 11 is 11.4. The van der Waals surface area contributed by atoms with Crippen LogP contribution in [0.4, 0.5) is 0 Å². The van der Waals surface area contributed by atoms with Gasteiger partial charge >= 0.3 is 0 Å². The van der Waals surface area contributed by atoms with Gasteiger partial charge in [0.15, 0.2) is 5.11 Å². The van der Waals surface area contributed by atoms with Gasteiger partial charge in [-0.2, -0.15) is 0 Å². The Balaban J connectivity index is 1.42. The minimum atomic E-state index is 0.725. The lowest BCUT2D eigenvalue weighted by Gasteiger charge is -2.35. The first kappa shape index (κ1) is 16.3. The van der Waals surface area contributed by atoms with Crippen molar-refractivity contribution in [2.75, 3.05) is 26.2 Å². The maximum Gasteiger partial charge on any atom is 0.169 e. The number of nitrogens with zero attached hydrogens (tertiary/aromatic N) is 2. The molecule has 0 saturated carbocycles. The second-order valence-corrected chi connectivity index (χ2v) is 6.45. The first-order valence-electron chi connectivity index (χ1n) is 7.73. The highest BCUT2D eigenvalue weighted by Crippen LogP contribution is 2.11. The van der Waals surface area contributed by atoms with E-state index in [2.05, 4.69) is 15.1 Å². The standard InChI is InChI=1S/C17H20ClN3OS/c18-15-5-3-14(4-6-15)12-19-17(23)21-9-7-20(8-10-21)13-16-2-1-11-22-16/h1-6,11H,7-10,12-13H2,(H,19,23). The van der Waals surface area contributed by atoms with Crippen LogP contribution in [0.1, 0.15) is 11.3 Å². The molecule has 0 amide bonds. The van der Waals surface area contributed by atoms with E-state index in [1.165, 1.54) is 5.56 Å². The van der Waals surface area contributed by atoms with Crippen molar-refractivity contribution >= 4 is 28.9 Å². The van der Waals surface area contributed by atoms with Gasteiger partial charge in [-0.25, -0.2) is 0 Å². The predicted molar refractivity (Wildman–Crippen MR) is 96.4 cm³/mol. The molecule has 2 heterocycles. The molecular formula is C17H20ClN3OS. The Labute approximate surface area is 147 Å². The van der Waals surface area contributed by atoms with Gasteiger partial charge in [-0.05, 0) is 42.0 Å². The Bertz CT molecular complexity index is 622. The second-order valence-electron chi connectivity index (χ2n) is 5.63. The number of rotatable bonds is 4. The average molecular weight is 350 g/mol. The van der Waals surface area contributed by atoms with Crippen LogP contribution in [0.15, 0.2) is 47.1 Å². The van der Waals surface area contributed by atoms with Crippen LogP contribution in [-0.2, 0) is 13.1 Å². The third kappa shape index (κ3) is 4.70. The van der Waals surface area contributed by atoms with E-state index in [4.69, 9.17) is 28.2 Å². The summed E-state index contributed by atoms with van der Waals surface area (Å²) in [6.07, 6.45) is 1.72. The molecule has 4 nitrogen and oxygen atoms in total. The van der Waals surface area contributed by atoms with Crippen LogP contribution >= 0.6 is 23.8 Å². The summed E-state index contributed by atoms with van der Waals surface area (Å²) in [4.78, 5) is 4.61. The molecule has 6 heteroatoms. The van der Waals surface area contributed by atoms with Gasteiger partial charge in [0, 0.05) is 37.7 Å². The summed E-state index contributed by atoms with van der Waals surface area (Å²) in [5.41, 5.74) is 1.17. The highest BCUT2D eigenvalue weighted by molar-refractivity contribution is 7.80. The molecule has 122 valence electrons. The third-order valence-corrected chi connectivity index (χ3v) is 4.63. The molecule has 2 aromatic rings. The SMILES string of the molecule is S=C(NCc1ccc(Cl)cc1)N1CCN(Cc2ccco2)CC1. The summed E-state index contributed by atoms with van der Waals surface area (Å²) in [7, 11) is 0. The van der Waals surface area contributed by atoms with Crippen LogP contribution in [0, 0.1) is 0 Å². The van der Waals surface area contributed by atoms with Gasteiger partial charge in [-0.15, -0.1) is 0 Å². The molecule has 0 atom stereocenters. The van der Waals surface area contributed by atoms with Crippen molar-refractivity contribution in [2.24, 2.45) is 0 Å². The fraction of sp³-hybridized carbons (Fsp3) is 0.353. The molecule has 0 bridgehead atoms. The van der Waals surface area contributed by atoms with Gasteiger partial charge < -0.3 is 14.6 Å². The summed E-state index contributed by atoms with van der Waals surface area (Å²) < 4.78 is 5.40. The van der Waals surface area contributed by atoms with Crippen molar-refractivity contribution in [3.8, 4) is 0 Å². The van der Waals surface area contributed by atoms with E-state index in [-0.39, 0.29) is 0 Å². The lowest BCUT2D eigenvalue weighted by Crippen LogP contribution is -2.51. The molecular weight excluding hydrogens is 330 g/mol. The monoisotopic (exact) mass is 349 g/mol. The Morgan fingerprint density at radius 2 is 1.87 bits per heavy atom. The summed E-state index contributed by atoms with van der Waals surface area (Å²) in [6.45, 7) is 5.45. The molecule has 1 saturated heterocycles. The molecule has 1 aromatic heterocycles. The number of hydrogen-bond donors (Lipinski definition) is 1. The van der Waals surface area contributed by atoms with E-state index >= 15 is 0 Å². The number of piperazine rings is 1. The van der Waals surface area contributed by atoms with Crippen LogP contribution in [0.3, 0.4) is 0 Å². The van der Waals surface area contributed by atoms with E-state index in [0.717, 1.165) is 55.2 Å². The van der Waals surface area contributed by atoms with Gasteiger partial charge in [0.2, 0.25) is 0 Å². The Morgan fingerprint density at radius 3 is 2.52 bits per heavy atom. The molecule has 0 aliphatic carbocycles. The van der Waals surface area contributed by atoms with Crippen LogP contribution in [0.5, 0.6) is 0 Å². The number of halogens is 1. The van der Waals surface area contributed by atoms with E-state index in [9.17, 15) is 0 Å². The Hall–Kier alpha value is -1.56. The van der Waals surface area contributed by atoms with Gasteiger partial charge in [0.25, 0.3) is 0 Å². The van der Waals surface area contributed by atoms with Crippen molar-refractivity contribution in [1.82, 2.24) is 15.1 Å². The lowest BCUT2D eigenvalue weighted by molar-refractivity contribution is 0.164. The number of nitrogens with one attached hydrogen (secondary N) is 1. The molecule has 23 heavy (non-hydrogen) atoms. The van der Waals surface area contributed by atoms with Crippen molar-refractivity contribution in [1.29, 1.82) is 0 Å². The zero-order valence-electron chi connectivity index (χ0n) is 12.9. The Kier molecular flexibility index (Phi) is 5.54. The number of benzene rings is 1. The maximum atomic E-state index is 5.89. The van der Waals surface area contributed by atoms with Crippen LogP contribution in [0.2, 0.25) is 5.02 Å². The molecule has 1 aromatic carbocycles. The molecule has 0 spiro atoms. The predicted octanol–water partition coefficient (Wildman–Crippen LogP) is 3.13. The van der Waals surface area contributed by atoms with Crippen molar-refractivity contribution in [3.63, 3.8) is 0 Å². The quantitative estimate of drug-likeness (QED) is 0.857. The van der Waals surface area contributed by atoms with Crippen molar-refractivity contribution in [3.05, 3.63) is 59.0 Å².